The molecule has 4 aliphatic rings. The van der Waals surface area contributed by atoms with Crippen LogP contribution in [-0.4, -0.2) is 36.2 Å². The molecule has 0 aromatic heterocycles. The molecule has 77 heavy (non-hydrogen) atoms. The molecule has 0 bridgehead atoms. The fourth-order valence-corrected chi connectivity index (χ4v) is 15.1. The van der Waals surface area contributed by atoms with Gasteiger partial charge in [-0.3, -0.25) is 0 Å². The molecule has 0 spiro atoms. The summed E-state index contributed by atoms with van der Waals surface area (Å²) < 4.78 is 11.9. The standard InChI is InChI=1S/C59H72B2Cl2O10.4Na/c1-35(2)10-6-11-36(3)49-20-21-50-46-19-18-42-26-37(22-24-58(42,4)51(46)23-25-59(49,50)5)12-9-17-45(40-29-47(56(64)65)54(52(62)31-40)72-33-38-13-7-15-43(27-38)60(68)69)41-30-48(57(66)67)55(53(63)32-41)73-34-39-14-8-16-44(28-39)61(70)71;;;;/h7-8,13-17,27-32,35-37,42,46,49-51,68,70H,6,9-12,18-26,33-34H2,1-5H3,(H,64,65)(H,66,67);;;;/q-2;4*+1/p-2/t36-,37+,42+,46+,49-,50+,51+,58+,59-;;;;/m1..../s1. The number of aromatic carboxylic acids is 2. The SMILES string of the molecule is CC(C)CCC[C@@H](C)[C@H]1CC[C@H]2[C@@H]3CC[C@H]4C[C@@H](CCC=C(c5cc(Cl)c(OCc6cccc(B([O-])O)c6)c(C(=O)[O-])c5)c5cc(Cl)c(OCc6cccc(B([O-])O)c6)c(C(=O)[O-])c5)CC[C@]4(C)[C@H]3CC[C@]12C.[Na+].[Na+].[Na+].[Na+]. The van der Waals surface area contributed by atoms with Crippen LogP contribution < -0.4 is 159 Å². The average Bonchev–Trinajstić information content (AvgIpc) is 3.71. The molecular formula is C59H70B2Cl2Na4O10. The van der Waals surface area contributed by atoms with Gasteiger partial charge in [0.15, 0.2) is 0 Å². The summed E-state index contributed by atoms with van der Waals surface area (Å²) >= 11 is 13.8. The minimum atomic E-state index is -1.96. The van der Waals surface area contributed by atoms with E-state index in [1.807, 2.05) is 6.08 Å². The molecule has 18 heteroatoms. The second kappa shape index (κ2) is 30.5. The molecule has 0 saturated heterocycles. The predicted molar refractivity (Wildman–Crippen MR) is 281 cm³/mol. The summed E-state index contributed by atoms with van der Waals surface area (Å²) in [5.41, 5.74) is 2.52. The number of allylic oxidation sites excluding steroid dienone is 1. The van der Waals surface area contributed by atoms with Gasteiger partial charge in [0, 0.05) is 11.1 Å². The first-order valence-electron chi connectivity index (χ1n) is 26.7. The van der Waals surface area contributed by atoms with E-state index in [1.54, 1.807) is 36.4 Å². The minimum Gasteiger partial charge on any atom is -0.853 e. The van der Waals surface area contributed by atoms with E-state index in [-0.39, 0.29) is 175 Å². The van der Waals surface area contributed by atoms with E-state index in [1.165, 1.54) is 101 Å². The topological polar surface area (TPSA) is 185 Å². The third-order valence-electron chi connectivity index (χ3n) is 18.3. The number of hydrogen-bond donors (Lipinski definition) is 2. The first-order valence-corrected chi connectivity index (χ1v) is 27.4. The van der Waals surface area contributed by atoms with E-state index >= 15 is 0 Å². The summed E-state index contributed by atoms with van der Waals surface area (Å²) in [4.78, 5) is 25.7. The number of carboxylic acid groups (broad SMARTS) is 2. The zero-order valence-corrected chi connectivity index (χ0v) is 56.5. The Morgan fingerprint density at radius 2 is 1.22 bits per heavy atom. The summed E-state index contributed by atoms with van der Waals surface area (Å²) in [6, 6.07) is 18.2. The van der Waals surface area contributed by atoms with Gasteiger partial charge in [-0.1, -0.05) is 143 Å². The van der Waals surface area contributed by atoms with Crippen LogP contribution in [0.2, 0.25) is 10.0 Å². The van der Waals surface area contributed by atoms with E-state index in [4.69, 9.17) is 32.7 Å². The number of fused-ring (bicyclic) bond motifs is 5. The second-order valence-electron chi connectivity index (χ2n) is 23.0. The van der Waals surface area contributed by atoms with Crippen molar-refractivity contribution in [3.8, 4) is 11.5 Å². The van der Waals surface area contributed by atoms with Gasteiger partial charge >= 0.3 is 118 Å². The van der Waals surface area contributed by atoms with Crippen LogP contribution in [0.5, 0.6) is 11.5 Å². The molecule has 2 N–H and O–H groups in total. The van der Waals surface area contributed by atoms with E-state index in [9.17, 15) is 39.9 Å². The van der Waals surface area contributed by atoms with Crippen molar-refractivity contribution in [2.75, 3.05) is 0 Å². The van der Waals surface area contributed by atoms with Crippen molar-refractivity contribution in [2.45, 2.75) is 138 Å². The fraction of sp³-hybridized carbons (Fsp3) is 0.525. The van der Waals surface area contributed by atoms with Crippen molar-refractivity contribution in [2.24, 2.45) is 58.2 Å². The van der Waals surface area contributed by atoms with Crippen LogP contribution in [0.25, 0.3) is 5.57 Å². The summed E-state index contributed by atoms with van der Waals surface area (Å²) in [6.07, 6.45) is 19.0. The Balaban J connectivity index is 0.00000320. The van der Waals surface area contributed by atoms with Gasteiger partial charge in [0.2, 0.25) is 14.2 Å². The maximum Gasteiger partial charge on any atom is 1.00 e. The first kappa shape index (κ1) is 69.2. The number of benzene rings is 4. The molecule has 4 aromatic rings. The molecule has 10 nitrogen and oxygen atoms in total. The van der Waals surface area contributed by atoms with E-state index in [0.29, 0.717) is 56.9 Å². The molecule has 0 amide bonds. The third-order valence-corrected chi connectivity index (χ3v) is 18.8. The summed E-state index contributed by atoms with van der Waals surface area (Å²) in [5, 5.41) is 68.2. The Hall–Kier alpha value is -0.290. The van der Waals surface area contributed by atoms with Gasteiger partial charge in [-0.25, -0.2) is 0 Å². The molecule has 0 unspecified atom stereocenters. The smallest absolute Gasteiger partial charge is 0.853 e. The van der Waals surface area contributed by atoms with E-state index < -0.39 is 26.2 Å². The Morgan fingerprint density at radius 3 is 1.73 bits per heavy atom. The molecule has 0 radical (unpaired) electrons. The van der Waals surface area contributed by atoms with Gasteiger partial charge < -0.3 is 49.4 Å². The molecule has 8 rings (SSSR count). The van der Waals surface area contributed by atoms with Gasteiger partial charge in [0.05, 0.1) is 22.0 Å². The maximum absolute atomic E-state index is 12.8. The van der Waals surface area contributed by atoms with Crippen LogP contribution >= 0.6 is 23.2 Å². The largest absolute Gasteiger partial charge is 1.00 e. The van der Waals surface area contributed by atoms with Gasteiger partial charge in [-0.15, -0.1) is 0 Å². The summed E-state index contributed by atoms with van der Waals surface area (Å²) in [7, 11) is -3.92. The number of carbonyl (C=O) groups excluding carboxylic acids is 2. The van der Waals surface area contributed by atoms with Crippen LogP contribution in [0.1, 0.15) is 167 Å². The third kappa shape index (κ3) is 16.1. The number of halogens is 2. The average molecular weight is 1120 g/mol. The number of carbonyl (C=O) groups is 2. The Labute approximate surface area is 556 Å². The molecule has 390 valence electrons. The minimum absolute atomic E-state index is 0. The molecule has 4 saturated carbocycles. The molecule has 0 aliphatic heterocycles. The van der Waals surface area contributed by atoms with Crippen molar-refractivity contribution >= 4 is 65.9 Å². The number of hydrogen-bond acceptors (Lipinski definition) is 10. The zero-order chi connectivity index (χ0) is 52.4. The summed E-state index contributed by atoms with van der Waals surface area (Å²) in [5.74, 6) is 2.48. The Bertz CT molecular complexity index is 2550. The van der Waals surface area contributed by atoms with Gasteiger partial charge in [0.25, 0.3) is 0 Å². The van der Waals surface area contributed by atoms with Gasteiger partial charge in [-0.2, -0.15) is 0 Å². The van der Waals surface area contributed by atoms with Crippen molar-refractivity contribution < 1.29 is 168 Å². The van der Waals surface area contributed by atoms with Gasteiger partial charge in [0.1, 0.15) is 24.7 Å². The van der Waals surface area contributed by atoms with E-state index in [0.717, 1.165) is 54.8 Å². The number of ether oxygens (including phenoxy) is 2. The number of carboxylic acids is 2. The summed E-state index contributed by atoms with van der Waals surface area (Å²) in [6.45, 7) is 12.2. The van der Waals surface area contributed by atoms with E-state index in [2.05, 4.69) is 34.6 Å². The van der Waals surface area contributed by atoms with Crippen molar-refractivity contribution in [1.82, 2.24) is 0 Å². The monoisotopic (exact) mass is 1120 g/mol. The molecule has 9 atom stereocenters. The normalized spacial score (nSPS) is 24.4. The number of rotatable bonds is 20. The van der Waals surface area contributed by atoms with Crippen LogP contribution in [0.4, 0.5) is 0 Å². The molecule has 4 aliphatic carbocycles. The zero-order valence-electron chi connectivity index (χ0n) is 47.0. The molecule has 4 fully saturated rings. The van der Waals surface area contributed by atoms with Crippen LogP contribution in [-0.2, 0) is 13.2 Å². The second-order valence-corrected chi connectivity index (χ2v) is 23.9. The Morgan fingerprint density at radius 1 is 0.701 bits per heavy atom. The predicted octanol–water partition coefficient (Wildman–Crippen LogP) is -4.06. The molecule has 4 aromatic carbocycles. The van der Waals surface area contributed by atoms with Crippen LogP contribution in [0, 0.1) is 58.2 Å². The quantitative estimate of drug-likeness (QED) is 0.0827. The Kier molecular flexibility index (Phi) is 27.4. The van der Waals surface area contributed by atoms with Gasteiger partial charge in [-0.05, 0) is 181 Å². The van der Waals surface area contributed by atoms with Crippen LogP contribution in [0.15, 0.2) is 78.9 Å². The first-order chi connectivity index (χ1) is 34.8. The fourth-order valence-electron chi connectivity index (χ4n) is 14.6. The maximum atomic E-state index is 12.8. The van der Waals surface area contributed by atoms with Crippen molar-refractivity contribution in [3.63, 3.8) is 0 Å². The molecule has 0 heterocycles. The van der Waals surface area contributed by atoms with Crippen molar-refractivity contribution in [1.29, 1.82) is 0 Å². The van der Waals surface area contributed by atoms with Crippen molar-refractivity contribution in [3.05, 3.63) is 122 Å². The van der Waals surface area contributed by atoms with Crippen LogP contribution in [0.3, 0.4) is 0 Å². The molecular weight excluding hydrogens is 1050 g/mol.